The number of benzene rings is 3. The topological polar surface area (TPSA) is 59.8 Å². The molecule has 1 N–H and O–H groups in total. The fraction of sp³-hybridized carbons (Fsp3) is 0.0455. The van der Waals surface area contributed by atoms with E-state index in [2.05, 4.69) is 15.5 Å². The predicted octanol–water partition coefficient (Wildman–Crippen LogP) is 5.74. The molecular weight excluding hydrogens is 461 g/mol. The molecule has 0 aliphatic carbocycles. The maximum Gasteiger partial charge on any atom is 0.234 e. The Morgan fingerprint density at radius 1 is 0.969 bits per heavy atom. The molecule has 0 atom stereocenters. The lowest BCUT2D eigenvalue weighted by Gasteiger charge is -2.12. The smallest absolute Gasteiger partial charge is 0.234 e. The normalized spacial score (nSPS) is 10.9. The molecule has 10 heteroatoms. The molecule has 0 saturated carbocycles. The number of anilines is 1. The quantitative estimate of drug-likeness (QED) is 0.362. The second-order valence-corrected chi connectivity index (χ2v) is 7.91. The van der Waals surface area contributed by atoms with Gasteiger partial charge < -0.3 is 5.32 Å². The van der Waals surface area contributed by atoms with Crippen molar-refractivity contribution in [2.45, 2.75) is 5.16 Å². The van der Waals surface area contributed by atoms with E-state index in [-0.39, 0.29) is 27.3 Å². The number of carbonyl (C=O) groups excluding carboxylic acids is 1. The summed E-state index contributed by atoms with van der Waals surface area (Å²) in [7, 11) is 0. The van der Waals surface area contributed by atoms with Crippen LogP contribution in [0.4, 0.5) is 18.9 Å². The number of aromatic nitrogens is 3. The van der Waals surface area contributed by atoms with Crippen LogP contribution in [0, 0.1) is 17.5 Å². The summed E-state index contributed by atoms with van der Waals surface area (Å²) < 4.78 is 42.7. The van der Waals surface area contributed by atoms with E-state index in [1.54, 1.807) is 24.3 Å². The van der Waals surface area contributed by atoms with Gasteiger partial charge in [0, 0.05) is 11.6 Å². The first-order valence-electron chi connectivity index (χ1n) is 9.26. The largest absolute Gasteiger partial charge is 0.324 e. The Morgan fingerprint density at radius 3 is 2.41 bits per heavy atom. The molecule has 3 aromatic carbocycles. The molecule has 0 radical (unpaired) electrons. The molecule has 0 saturated heterocycles. The number of carbonyl (C=O) groups is 1. The van der Waals surface area contributed by atoms with Crippen molar-refractivity contribution in [3.63, 3.8) is 0 Å². The maximum atomic E-state index is 14.6. The number of hydrogen-bond donors (Lipinski definition) is 1. The summed E-state index contributed by atoms with van der Waals surface area (Å²) in [5.41, 5.74) is 0.965. The van der Waals surface area contributed by atoms with Crippen LogP contribution in [0.15, 0.2) is 71.9 Å². The van der Waals surface area contributed by atoms with Crippen molar-refractivity contribution < 1.29 is 18.0 Å². The summed E-state index contributed by atoms with van der Waals surface area (Å²) >= 11 is 6.94. The van der Waals surface area contributed by atoms with Crippen molar-refractivity contribution in [3.05, 3.63) is 89.2 Å². The SMILES string of the molecule is O=C(CSc1nnc(-c2ccccc2)n1-c1ccc(F)cc1F)Nc1ccc(F)cc1Cl. The molecule has 1 aromatic heterocycles. The average Bonchev–Trinajstić information content (AvgIpc) is 3.18. The molecule has 1 heterocycles. The van der Waals surface area contributed by atoms with E-state index >= 15 is 0 Å². The van der Waals surface area contributed by atoms with Gasteiger partial charge >= 0.3 is 0 Å². The van der Waals surface area contributed by atoms with Gasteiger partial charge in [-0.1, -0.05) is 53.7 Å². The molecule has 1 amide bonds. The molecule has 4 aromatic rings. The molecule has 162 valence electrons. The maximum absolute atomic E-state index is 14.6. The zero-order chi connectivity index (χ0) is 22.7. The first kappa shape index (κ1) is 21.9. The highest BCUT2D eigenvalue weighted by Crippen LogP contribution is 2.30. The van der Waals surface area contributed by atoms with Crippen LogP contribution in [0.2, 0.25) is 5.02 Å². The van der Waals surface area contributed by atoms with Crippen LogP contribution in [0.1, 0.15) is 0 Å². The van der Waals surface area contributed by atoms with E-state index < -0.39 is 23.4 Å². The van der Waals surface area contributed by atoms with E-state index in [1.807, 2.05) is 6.07 Å². The highest BCUT2D eigenvalue weighted by Gasteiger charge is 2.20. The molecule has 32 heavy (non-hydrogen) atoms. The van der Waals surface area contributed by atoms with E-state index in [0.717, 1.165) is 30.0 Å². The van der Waals surface area contributed by atoms with Gasteiger partial charge in [-0.2, -0.15) is 0 Å². The lowest BCUT2D eigenvalue weighted by molar-refractivity contribution is -0.113. The van der Waals surface area contributed by atoms with Gasteiger partial charge in [0.05, 0.1) is 22.2 Å². The number of nitrogens with one attached hydrogen (secondary N) is 1. The molecule has 0 aliphatic heterocycles. The third kappa shape index (κ3) is 4.79. The van der Waals surface area contributed by atoms with Gasteiger partial charge in [0.25, 0.3) is 0 Å². The number of hydrogen-bond acceptors (Lipinski definition) is 4. The molecule has 0 fully saturated rings. The third-order valence-corrected chi connectivity index (χ3v) is 5.60. The van der Waals surface area contributed by atoms with Crippen molar-refractivity contribution in [2.24, 2.45) is 0 Å². The van der Waals surface area contributed by atoms with Gasteiger partial charge in [0.1, 0.15) is 17.5 Å². The molecule has 0 unspecified atom stereocenters. The summed E-state index contributed by atoms with van der Waals surface area (Å²) in [5, 5.41) is 11.1. The van der Waals surface area contributed by atoms with Crippen LogP contribution in [0.25, 0.3) is 17.1 Å². The van der Waals surface area contributed by atoms with Gasteiger partial charge in [-0.3, -0.25) is 9.36 Å². The fourth-order valence-electron chi connectivity index (χ4n) is 2.92. The fourth-order valence-corrected chi connectivity index (χ4v) is 3.88. The Balaban J connectivity index is 1.62. The van der Waals surface area contributed by atoms with Crippen LogP contribution in [0.5, 0.6) is 0 Å². The minimum atomic E-state index is -0.800. The van der Waals surface area contributed by atoms with Crippen molar-refractivity contribution in [3.8, 4) is 17.1 Å². The van der Waals surface area contributed by atoms with Gasteiger partial charge in [0.2, 0.25) is 5.91 Å². The number of nitrogens with zero attached hydrogens (tertiary/aromatic N) is 3. The van der Waals surface area contributed by atoms with Crippen molar-refractivity contribution in [1.82, 2.24) is 14.8 Å². The van der Waals surface area contributed by atoms with E-state index in [9.17, 15) is 18.0 Å². The summed E-state index contributed by atoms with van der Waals surface area (Å²) in [6.45, 7) is 0. The zero-order valence-corrected chi connectivity index (χ0v) is 17.8. The van der Waals surface area contributed by atoms with Crippen LogP contribution >= 0.6 is 23.4 Å². The molecule has 0 aliphatic rings. The molecule has 0 bridgehead atoms. The van der Waals surface area contributed by atoms with Gasteiger partial charge in [0.15, 0.2) is 11.0 Å². The molecule has 4 rings (SSSR count). The van der Waals surface area contributed by atoms with Gasteiger partial charge in [-0.25, -0.2) is 13.2 Å². The minimum Gasteiger partial charge on any atom is -0.324 e. The molecule has 5 nitrogen and oxygen atoms in total. The van der Waals surface area contributed by atoms with E-state index in [1.165, 1.54) is 22.8 Å². The van der Waals surface area contributed by atoms with Gasteiger partial charge in [-0.05, 0) is 30.3 Å². The number of halogens is 4. The van der Waals surface area contributed by atoms with E-state index in [4.69, 9.17) is 11.6 Å². The monoisotopic (exact) mass is 474 g/mol. The van der Waals surface area contributed by atoms with E-state index in [0.29, 0.717) is 11.4 Å². The summed E-state index contributed by atoms with van der Waals surface area (Å²) in [6, 6.07) is 15.8. The Morgan fingerprint density at radius 2 is 1.69 bits per heavy atom. The van der Waals surface area contributed by atoms with Crippen LogP contribution < -0.4 is 5.32 Å². The van der Waals surface area contributed by atoms with Crippen molar-refractivity contribution in [1.29, 1.82) is 0 Å². The van der Waals surface area contributed by atoms with Crippen LogP contribution in [-0.4, -0.2) is 26.4 Å². The summed E-state index contributed by atoms with van der Waals surface area (Å²) in [6.07, 6.45) is 0. The lowest BCUT2D eigenvalue weighted by atomic mass is 10.2. The number of amides is 1. The van der Waals surface area contributed by atoms with Gasteiger partial charge in [-0.15, -0.1) is 10.2 Å². The van der Waals surface area contributed by atoms with Crippen LogP contribution in [-0.2, 0) is 4.79 Å². The number of thioether (sulfide) groups is 1. The second kappa shape index (κ2) is 9.46. The Labute approximate surface area is 190 Å². The highest BCUT2D eigenvalue weighted by atomic mass is 35.5. The van der Waals surface area contributed by atoms with Crippen molar-refractivity contribution >= 4 is 35.0 Å². The first-order valence-corrected chi connectivity index (χ1v) is 10.6. The lowest BCUT2D eigenvalue weighted by Crippen LogP contribution is -2.15. The van der Waals surface area contributed by atoms with Crippen molar-refractivity contribution in [2.75, 3.05) is 11.1 Å². The Hall–Kier alpha value is -3.30. The summed E-state index contributed by atoms with van der Waals surface area (Å²) in [4.78, 5) is 12.4. The average molecular weight is 475 g/mol. The number of rotatable bonds is 6. The molecular formula is C22H14ClF3N4OS. The first-order chi connectivity index (χ1) is 15.4. The molecule has 0 spiro atoms. The highest BCUT2D eigenvalue weighted by molar-refractivity contribution is 7.99. The summed E-state index contributed by atoms with van der Waals surface area (Å²) in [5.74, 6) is -2.25. The second-order valence-electron chi connectivity index (χ2n) is 6.56. The zero-order valence-electron chi connectivity index (χ0n) is 16.2. The minimum absolute atomic E-state index is 0.0414. The Bertz CT molecular complexity index is 1280. The standard InChI is InChI=1S/C22H14ClF3N4OS/c23-16-10-14(24)6-8-18(16)27-20(31)12-32-22-29-28-21(13-4-2-1-3-5-13)30(22)19-9-7-15(25)11-17(19)26/h1-11H,12H2,(H,27,31). The Kier molecular flexibility index (Phi) is 6.48. The van der Waals surface area contributed by atoms with Crippen LogP contribution in [0.3, 0.4) is 0 Å². The predicted molar refractivity (Wildman–Crippen MR) is 117 cm³/mol. The third-order valence-electron chi connectivity index (χ3n) is 4.35.